The van der Waals surface area contributed by atoms with Gasteiger partial charge in [-0.2, -0.15) is 0 Å². The molecule has 2 heterocycles. The molecule has 0 radical (unpaired) electrons. The number of nitrogens with zero attached hydrogens (tertiary/aromatic N) is 5. The summed E-state index contributed by atoms with van der Waals surface area (Å²) >= 11 is 0. The Morgan fingerprint density at radius 3 is 2.34 bits per heavy atom. The summed E-state index contributed by atoms with van der Waals surface area (Å²) in [5.41, 5.74) is 8.98. The molecule has 9 heteroatoms. The van der Waals surface area contributed by atoms with Crippen LogP contribution in [0.15, 0.2) is 64.2 Å². The number of hydrogen-bond donors (Lipinski definition) is 2. The second-order valence-electron chi connectivity index (χ2n) is 9.56. The molecule has 4 rings (SSSR count). The van der Waals surface area contributed by atoms with Crippen LogP contribution in [-0.4, -0.2) is 54.9 Å². The molecule has 2 aromatic heterocycles. The molecule has 0 fully saturated rings. The van der Waals surface area contributed by atoms with Crippen LogP contribution in [0.2, 0.25) is 0 Å². The third-order valence-corrected chi connectivity index (χ3v) is 6.92. The van der Waals surface area contributed by atoms with Crippen molar-refractivity contribution >= 4 is 16.9 Å². The summed E-state index contributed by atoms with van der Waals surface area (Å²) in [6, 6.07) is 17.6. The molecule has 0 unspecified atom stereocenters. The molecule has 0 saturated carbocycles. The summed E-state index contributed by atoms with van der Waals surface area (Å²) < 4.78 is 4.97. The number of aryl methyl sites for hydroxylation is 2. The van der Waals surface area contributed by atoms with Crippen molar-refractivity contribution in [1.82, 2.24) is 23.6 Å². The van der Waals surface area contributed by atoms with Gasteiger partial charge in [-0.1, -0.05) is 56.3 Å². The van der Waals surface area contributed by atoms with E-state index >= 15 is 0 Å². The maximum Gasteiger partial charge on any atom is 0.332 e. The van der Waals surface area contributed by atoms with Crippen LogP contribution in [-0.2, 0) is 32.5 Å². The summed E-state index contributed by atoms with van der Waals surface area (Å²) in [5.74, 6) is 0.745. The van der Waals surface area contributed by atoms with Gasteiger partial charge in [-0.25, -0.2) is 9.78 Å². The number of aliphatic hydroxyl groups excluding tert-OH is 1. The Bertz CT molecular complexity index is 1470. The lowest BCUT2D eigenvalue weighted by atomic mass is 10.1. The van der Waals surface area contributed by atoms with Gasteiger partial charge in [-0.3, -0.25) is 18.8 Å². The average Bonchev–Trinajstić information content (AvgIpc) is 3.27. The predicted octanol–water partition coefficient (Wildman–Crippen LogP) is 2.50. The summed E-state index contributed by atoms with van der Waals surface area (Å²) in [4.78, 5) is 34.4. The van der Waals surface area contributed by atoms with E-state index in [2.05, 4.69) is 11.8 Å². The Morgan fingerprint density at radius 1 is 0.895 bits per heavy atom. The first-order valence-electron chi connectivity index (χ1n) is 13.4. The molecule has 3 N–H and O–H groups in total. The van der Waals surface area contributed by atoms with E-state index in [0.29, 0.717) is 68.8 Å². The molecule has 0 saturated heterocycles. The lowest BCUT2D eigenvalue weighted by Crippen LogP contribution is -2.41. The number of imidazole rings is 1. The third kappa shape index (κ3) is 6.06. The van der Waals surface area contributed by atoms with Crippen molar-refractivity contribution in [3.8, 4) is 0 Å². The van der Waals surface area contributed by atoms with E-state index < -0.39 is 0 Å². The van der Waals surface area contributed by atoms with Gasteiger partial charge in [0.1, 0.15) is 5.82 Å². The molecule has 0 bridgehead atoms. The van der Waals surface area contributed by atoms with E-state index in [0.717, 1.165) is 23.5 Å². The highest BCUT2D eigenvalue weighted by atomic mass is 16.3. The van der Waals surface area contributed by atoms with Crippen LogP contribution < -0.4 is 17.0 Å². The van der Waals surface area contributed by atoms with Crippen molar-refractivity contribution in [3.63, 3.8) is 0 Å². The van der Waals surface area contributed by atoms with Gasteiger partial charge in [0, 0.05) is 44.8 Å². The summed E-state index contributed by atoms with van der Waals surface area (Å²) in [6.45, 7) is 7.33. The standard InChI is InChI=1S/C29H38N6O3/c1-3-14-35-28(37)26-27(34(29(35)38)15-13-23-11-8-12-24(30)20-23)31-25(21-22-9-6-5-7-10-22)33(26)17-16-32(4-2)18-19-36/h5-12,20,36H,3-4,13-19,21,30H2,1-2H3. The van der Waals surface area contributed by atoms with Crippen molar-refractivity contribution in [2.45, 2.75) is 52.7 Å². The van der Waals surface area contributed by atoms with Crippen LogP contribution in [0.3, 0.4) is 0 Å². The van der Waals surface area contributed by atoms with Gasteiger partial charge in [0.25, 0.3) is 5.56 Å². The average molecular weight is 519 g/mol. The minimum Gasteiger partial charge on any atom is -0.399 e. The van der Waals surface area contributed by atoms with Gasteiger partial charge in [0.2, 0.25) is 0 Å². The van der Waals surface area contributed by atoms with E-state index in [1.54, 1.807) is 4.57 Å². The minimum atomic E-state index is -0.334. The number of aliphatic hydroxyl groups is 1. The maximum atomic E-state index is 13.8. The molecule has 0 aliphatic rings. The molecule has 0 atom stereocenters. The SMILES string of the molecule is CCCn1c(=O)c2c(nc(Cc3ccccc3)n2CCN(CC)CCO)n(CCc2cccc(N)c2)c1=O. The quantitative estimate of drug-likeness (QED) is 0.263. The molecule has 38 heavy (non-hydrogen) atoms. The Balaban J connectivity index is 1.86. The Morgan fingerprint density at radius 2 is 1.66 bits per heavy atom. The van der Waals surface area contributed by atoms with E-state index in [-0.39, 0.29) is 17.9 Å². The number of benzene rings is 2. The first kappa shape index (κ1) is 27.3. The molecule has 0 spiro atoms. The molecule has 0 aliphatic carbocycles. The van der Waals surface area contributed by atoms with Crippen LogP contribution in [0.5, 0.6) is 0 Å². The van der Waals surface area contributed by atoms with E-state index in [1.165, 1.54) is 4.57 Å². The molecular formula is C29H38N6O3. The third-order valence-electron chi connectivity index (χ3n) is 6.92. The first-order chi connectivity index (χ1) is 18.5. The zero-order valence-corrected chi connectivity index (χ0v) is 22.3. The van der Waals surface area contributed by atoms with E-state index in [9.17, 15) is 14.7 Å². The fraction of sp³-hybridized carbons (Fsp3) is 0.414. The summed E-state index contributed by atoms with van der Waals surface area (Å²) in [6.07, 6.45) is 1.80. The van der Waals surface area contributed by atoms with Crippen LogP contribution in [0, 0.1) is 0 Å². The Labute approximate surface area is 222 Å². The molecule has 9 nitrogen and oxygen atoms in total. The highest BCUT2D eigenvalue weighted by Crippen LogP contribution is 2.17. The number of hydrogen-bond acceptors (Lipinski definition) is 6. The van der Waals surface area contributed by atoms with E-state index in [4.69, 9.17) is 10.7 Å². The van der Waals surface area contributed by atoms with Crippen LogP contribution in [0.1, 0.15) is 37.2 Å². The van der Waals surface area contributed by atoms with Crippen molar-refractivity contribution in [2.75, 3.05) is 32.0 Å². The predicted molar refractivity (Wildman–Crippen MR) is 152 cm³/mol. The van der Waals surface area contributed by atoms with Gasteiger partial charge >= 0.3 is 5.69 Å². The fourth-order valence-electron chi connectivity index (χ4n) is 4.91. The number of likely N-dealkylation sites (N-methyl/N-ethyl adjacent to an activating group) is 1. The largest absolute Gasteiger partial charge is 0.399 e. The van der Waals surface area contributed by atoms with Gasteiger partial charge in [0.05, 0.1) is 6.61 Å². The Kier molecular flexibility index (Phi) is 9.15. The van der Waals surface area contributed by atoms with E-state index in [1.807, 2.05) is 66.1 Å². The zero-order chi connectivity index (χ0) is 27.1. The van der Waals surface area contributed by atoms with Crippen molar-refractivity contribution < 1.29 is 5.11 Å². The second-order valence-corrected chi connectivity index (χ2v) is 9.56. The lowest BCUT2D eigenvalue weighted by molar-refractivity contribution is 0.197. The first-order valence-corrected chi connectivity index (χ1v) is 13.4. The van der Waals surface area contributed by atoms with Crippen molar-refractivity contribution in [1.29, 1.82) is 0 Å². The van der Waals surface area contributed by atoms with Crippen LogP contribution in [0.4, 0.5) is 5.69 Å². The number of nitrogen functional groups attached to an aromatic ring is 1. The summed E-state index contributed by atoms with van der Waals surface area (Å²) in [7, 11) is 0. The van der Waals surface area contributed by atoms with Crippen molar-refractivity contribution in [2.24, 2.45) is 0 Å². The number of rotatable bonds is 13. The van der Waals surface area contributed by atoms with Crippen LogP contribution in [0.25, 0.3) is 11.2 Å². The smallest absolute Gasteiger partial charge is 0.332 e. The lowest BCUT2D eigenvalue weighted by Gasteiger charge is -2.20. The van der Waals surface area contributed by atoms with Gasteiger partial charge in [-0.05, 0) is 42.6 Å². The summed E-state index contributed by atoms with van der Waals surface area (Å²) in [5, 5.41) is 9.46. The Hall–Kier alpha value is -3.69. The normalized spacial score (nSPS) is 11.6. The zero-order valence-electron chi connectivity index (χ0n) is 22.3. The van der Waals surface area contributed by atoms with Crippen LogP contribution >= 0.6 is 0 Å². The van der Waals surface area contributed by atoms with Gasteiger partial charge in [0.15, 0.2) is 11.2 Å². The second kappa shape index (κ2) is 12.7. The molecule has 2 aromatic carbocycles. The molecule has 202 valence electrons. The minimum absolute atomic E-state index is 0.0717. The van der Waals surface area contributed by atoms with Crippen molar-refractivity contribution in [3.05, 3.63) is 92.4 Å². The number of fused-ring (bicyclic) bond motifs is 1. The highest BCUT2D eigenvalue weighted by Gasteiger charge is 2.22. The number of anilines is 1. The molecule has 4 aromatic rings. The molecular weight excluding hydrogens is 480 g/mol. The monoisotopic (exact) mass is 518 g/mol. The topological polar surface area (TPSA) is 111 Å². The fourth-order valence-corrected chi connectivity index (χ4v) is 4.91. The molecule has 0 aliphatic heterocycles. The maximum absolute atomic E-state index is 13.8. The highest BCUT2D eigenvalue weighted by molar-refractivity contribution is 5.71. The number of nitrogens with two attached hydrogens (primary N) is 1. The number of aromatic nitrogens is 4. The van der Waals surface area contributed by atoms with Gasteiger partial charge < -0.3 is 15.4 Å². The van der Waals surface area contributed by atoms with Gasteiger partial charge in [-0.15, -0.1) is 0 Å². The molecule has 0 amide bonds.